The minimum atomic E-state index is 0.0461. The summed E-state index contributed by atoms with van der Waals surface area (Å²) in [4.78, 5) is 0. The standard InChI is InChI=1S/C26H54O4/c1-2-3-4-5-6-7-8-9-10-11-12-13-14-15-16-17-18-19-20-26(30-24-22-28)25-29-23-21-27/h26-28H,2-25H2,1H3. The summed E-state index contributed by atoms with van der Waals surface area (Å²) >= 11 is 0. The van der Waals surface area contributed by atoms with Gasteiger partial charge in [-0.15, -0.1) is 0 Å². The van der Waals surface area contributed by atoms with E-state index >= 15 is 0 Å². The monoisotopic (exact) mass is 430 g/mol. The van der Waals surface area contributed by atoms with E-state index in [1.54, 1.807) is 0 Å². The second kappa shape index (κ2) is 26.9. The van der Waals surface area contributed by atoms with Gasteiger partial charge in [0.05, 0.1) is 39.1 Å². The van der Waals surface area contributed by atoms with Gasteiger partial charge in [0.1, 0.15) is 0 Å². The largest absolute Gasteiger partial charge is 0.394 e. The summed E-state index contributed by atoms with van der Waals surface area (Å²) in [6, 6.07) is 0. The van der Waals surface area contributed by atoms with Gasteiger partial charge in [0.2, 0.25) is 0 Å². The second-order valence-corrected chi connectivity index (χ2v) is 8.81. The molecular formula is C26H54O4. The van der Waals surface area contributed by atoms with E-state index in [2.05, 4.69) is 6.92 Å². The summed E-state index contributed by atoms with van der Waals surface area (Å²) in [6.07, 6.45) is 26.0. The van der Waals surface area contributed by atoms with Crippen LogP contribution in [0.3, 0.4) is 0 Å². The number of aliphatic hydroxyl groups is 2. The Morgan fingerprint density at radius 2 is 0.933 bits per heavy atom. The Bertz CT molecular complexity index is 299. The lowest BCUT2D eigenvalue weighted by atomic mass is 10.0. The van der Waals surface area contributed by atoms with Crippen LogP contribution in [0.25, 0.3) is 0 Å². The van der Waals surface area contributed by atoms with E-state index in [0.717, 1.165) is 12.8 Å². The van der Waals surface area contributed by atoms with Crippen LogP contribution in [0.1, 0.15) is 129 Å². The summed E-state index contributed by atoms with van der Waals surface area (Å²) in [5.41, 5.74) is 0. The van der Waals surface area contributed by atoms with Gasteiger partial charge in [-0.25, -0.2) is 0 Å². The third kappa shape index (κ3) is 24.1. The topological polar surface area (TPSA) is 58.9 Å². The average molecular weight is 431 g/mol. The van der Waals surface area contributed by atoms with Crippen molar-refractivity contribution < 1.29 is 19.7 Å². The van der Waals surface area contributed by atoms with Crippen molar-refractivity contribution in [2.45, 2.75) is 135 Å². The van der Waals surface area contributed by atoms with Gasteiger partial charge in [0, 0.05) is 0 Å². The quantitative estimate of drug-likeness (QED) is 0.148. The molecule has 0 saturated heterocycles. The third-order valence-electron chi connectivity index (χ3n) is 5.86. The zero-order chi connectivity index (χ0) is 22.0. The Morgan fingerprint density at radius 1 is 0.533 bits per heavy atom. The van der Waals surface area contributed by atoms with Crippen molar-refractivity contribution in [2.75, 3.05) is 33.0 Å². The van der Waals surface area contributed by atoms with Crippen LogP contribution < -0.4 is 0 Å². The summed E-state index contributed by atoms with van der Waals surface area (Å²) in [6.45, 7) is 3.62. The molecule has 0 aromatic heterocycles. The number of hydrogen-bond acceptors (Lipinski definition) is 4. The van der Waals surface area contributed by atoms with E-state index in [9.17, 15) is 0 Å². The summed E-state index contributed by atoms with van der Waals surface area (Å²) < 4.78 is 11.0. The van der Waals surface area contributed by atoms with E-state index in [0.29, 0.717) is 19.8 Å². The molecule has 0 aliphatic carbocycles. The normalized spacial score (nSPS) is 12.5. The first-order chi connectivity index (χ1) is 14.8. The Morgan fingerprint density at radius 3 is 1.33 bits per heavy atom. The third-order valence-corrected chi connectivity index (χ3v) is 5.86. The van der Waals surface area contributed by atoms with Crippen molar-refractivity contribution in [3.05, 3.63) is 0 Å². The molecule has 4 nitrogen and oxygen atoms in total. The molecule has 0 amide bonds. The average Bonchev–Trinajstić information content (AvgIpc) is 2.76. The number of aliphatic hydroxyl groups excluding tert-OH is 2. The van der Waals surface area contributed by atoms with Gasteiger partial charge in [-0.05, 0) is 6.42 Å². The van der Waals surface area contributed by atoms with Crippen LogP contribution in [0.15, 0.2) is 0 Å². The van der Waals surface area contributed by atoms with Crippen molar-refractivity contribution in [2.24, 2.45) is 0 Å². The molecular weight excluding hydrogens is 376 g/mol. The molecule has 0 aromatic rings. The molecule has 0 saturated carbocycles. The zero-order valence-corrected chi connectivity index (χ0v) is 20.3. The first-order valence-electron chi connectivity index (χ1n) is 13.3. The van der Waals surface area contributed by atoms with Crippen LogP contribution in [0, 0.1) is 0 Å². The van der Waals surface area contributed by atoms with E-state index < -0.39 is 0 Å². The van der Waals surface area contributed by atoms with Crippen LogP contribution in [-0.4, -0.2) is 49.4 Å². The van der Waals surface area contributed by atoms with E-state index in [4.69, 9.17) is 19.7 Å². The maximum Gasteiger partial charge on any atom is 0.0809 e. The Hall–Kier alpha value is -0.160. The lowest BCUT2D eigenvalue weighted by molar-refractivity contribution is -0.0376. The van der Waals surface area contributed by atoms with Crippen LogP contribution in [0.5, 0.6) is 0 Å². The minimum Gasteiger partial charge on any atom is -0.394 e. The highest BCUT2D eigenvalue weighted by molar-refractivity contribution is 4.58. The van der Waals surface area contributed by atoms with Crippen molar-refractivity contribution in [3.8, 4) is 0 Å². The highest BCUT2D eigenvalue weighted by atomic mass is 16.5. The van der Waals surface area contributed by atoms with Gasteiger partial charge >= 0.3 is 0 Å². The fourth-order valence-corrected chi connectivity index (χ4v) is 3.99. The molecule has 0 fully saturated rings. The summed E-state index contributed by atoms with van der Waals surface area (Å²) in [7, 11) is 0. The minimum absolute atomic E-state index is 0.0461. The molecule has 0 aliphatic rings. The maximum atomic E-state index is 8.91. The molecule has 0 heterocycles. The molecule has 182 valence electrons. The van der Waals surface area contributed by atoms with Gasteiger partial charge in [-0.3, -0.25) is 0 Å². The van der Waals surface area contributed by atoms with Crippen LogP contribution in [-0.2, 0) is 9.47 Å². The van der Waals surface area contributed by atoms with Crippen LogP contribution in [0.2, 0.25) is 0 Å². The second-order valence-electron chi connectivity index (χ2n) is 8.81. The number of rotatable bonds is 26. The number of ether oxygens (including phenoxy) is 2. The fourth-order valence-electron chi connectivity index (χ4n) is 3.99. The molecule has 0 spiro atoms. The molecule has 0 aliphatic heterocycles. The molecule has 1 atom stereocenters. The number of hydrogen-bond donors (Lipinski definition) is 2. The van der Waals surface area contributed by atoms with Crippen molar-refractivity contribution in [1.29, 1.82) is 0 Å². The van der Waals surface area contributed by atoms with Gasteiger partial charge in [0.25, 0.3) is 0 Å². The lowest BCUT2D eigenvalue weighted by Crippen LogP contribution is -2.22. The predicted molar refractivity (Wildman–Crippen MR) is 128 cm³/mol. The number of unbranched alkanes of at least 4 members (excludes halogenated alkanes) is 17. The van der Waals surface area contributed by atoms with Crippen LogP contribution in [0.4, 0.5) is 0 Å². The van der Waals surface area contributed by atoms with E-state index in [1.165, 1.54) is 109 Å². The van der Waals surface area contributed by atoms with Gasteiger partial charge < -0.3 is 19.7 Å². The van der Waals surface area contributed by atoms with Gasteiger partial charge in [0.15, 0.2) is 0 Å². The summed E-state index contributed by atoms with van der Waals surface area (Å²) in [5.74, 6) is 0. The fraction of sp³-hybridized carbons (Fsp3) is 1.00. The van der Waals surface area contributed by atoms with Crippen molar-refractivity contribution in [3.63, 3.8) is 0 Å². The van der Waals surface area contributed by atoms with Crippen molar-refractivity contribution >= 4 is 0 Å². The Kier molecular flexibility index (Phi) is 26.7. The first kappa shape index (κ1) is 29.8. The highest BCUT2D eigenvalue weighted by Crippen LogP contribution is 2.15. The molecule has 2 N–H and O–H groups in total. The zero-order valence-electron chi connectivity index (χ0n) is 20.3. The van der Waals surface area contributed by atoms with E-state index in [-0.39, 0.29) is 19.3 Å². The Balaban J connectivity index is 3.27. The molecule has 0 aromatic carbocycles. The molecule has 4 heteroatoms. The van der Waals surface area contributed by atoms with Crippen molar-refractivity contribution in [1.82, 2.24) is 0 Å². The molecule has 0 bridgehead atoms. The first-order valence-corrected chi connectivity index (χ1v) is 13.3. The van der Waals surface area contributed by atoms with Crippen LogP contribution >= 0.6 is 0 Å². The molecule has 1 unspecified atom stereocenters. The summed E-state index contributed by atoms with van der Waals surface area (Å²) in [5, 5.41) is 17.7. The predicted octanol–water partition coefficient (Wildman–Crippen LogP) is 6.80. The molecule has 0 radical (unpaired) electrons. The maximum absolute atomic E-state index is 8.91. The highest BCUT2D eigenvalue weighted by Gasteiger charge is 2.09. The molecule has 30 heavy (non-hydrogen) atoms. The lowest BCUT2D eigenvalue weighted by Gasteiger charge is -2.17. The van der Waals surface area contributed by atoms with E-state index in [1.807, 2.05) is 0 Å². The SMILES string of the molecule is CCCCCCCCCCCCCCCCCCCCC(COCCO)OCCO. The van der Waals surface area contributed by atoms with Gasteiger partial charge in [-0.1, -0.05) is 122 Å². The smallest absolute Gasteiger partial charge is 0.0809 e. The van der Waals surface area contributed by atoms with Gasteiger partial charge in [-0.2, -0.15) is 0 Å². The Labute approximate surface area is 188 Å². The molecule has 0 rings (SSSR count).